The van der Waals surface area contributed by atoms with Crippen LogP contribution in [0.2, 0.25) is 0 Å². The smallest absolute Gasteiger partial charge is 0.221 e. The predicted molar refractivity (Wildman–Crippen MR) is 115 cm³/mol. The van der Waals surface area contributed by atoms with E-state index in [9.17, 15) is 4.79 Å². The fourth-order valence-corrected chi connectivity index (χ4v) is 4.65. The standard InChI is InChI=1S/C19H27ClOS3/c20-18(21)14-10-5-3-1-2-4-6-11-15-23-19(22)24-16-17-12-8-7-9-13-17/h7-9,12-13H,1-6,10-11,14-16H2. The van der Waals surface area contributed by atoms with E-state index in [0.717, 1.165) is 27.9 Å². The molecule has 1 nitrogen and oxygen atoms in total. The van der Waals surface area contributed by atoms with Crippen LogP contribution in [-0.2, 0) is 10.5 Å². The third kappa shape index (κ3) is 13.3. The Hall–Kier alpha value is -0.0300. The molecule has 5 heteroatoms. The normalized spacial score (nSPS) is 10.7. The summed E-state index contributed by atoms with van der Waals surface area (Å²) >= 11 is 14.3. The molecule has 1 aromatic carbocycles. The van der Waals surface area contributed by atoms with Gasteiger partial charge in [0.1, 0.15) is 3.53 Å². The molecular weight excluding hydrogens is 376 g/mol. The van der Waals surface area contributed by atoms with Crippen molar-refractivity contribution >= 4 is 56.1 Å². The van der Waals surface area contributed by atoms with E-state index >= 15 is 0 Å². The molecule has 0 spiro atoms. The molecule has 0 N–H and O–H groups in total. The molecule has 0 bridgehead atoms. The summed E-state index contributed by atoms with van der Waals surface area (Å²) in [6.07, 6.45) is 10.2. The summed E-state index contributed by atoms with van der Waals surface area (Å²) < 4.78 is 1.06. The highest BCUT2D eigenvalue weighted by molar-refractivity contribution is 8.46. The van der Waals surface area contributed by atoms with Gasteiger partial charge in [0.25, 0.3) is 0 Å². The van der Waals surface area contributed by atoms with Gasteiger partial charge in [-0.15, -0.1) is 23.5 Å². The monoisotopic (exact) mass is 402 g/mol. The van der Waals surface area contributed by atoms with Gasteiger partial charge in [0.2, 0.25) is 5.24 Å². The lowest BCUT2D eigenvalue weighted by Crippen LogP contribution is -1.89. The number of thiocarbonyl (C=S) groups is 1. The molecule has 0 aliphatic carbocycles. The van der Waals surface area contributed by atoms with Gasteiger partial charge >= 0.3 is 0 Å². The summed E-state index contributed by atoms with van der Waals surface area (Å²) in [6, 6.07) is 10.5. The highest BCUT2D eigenvalue weighted by Crippen LogP contribution is 2.23. The Morgan fingerprint density at radius 3 is 2.08 bits per heavy atom. The van der Waals surface area contributed by atoms with Crippen LogP contribution >= 0.6 is 47.3 Å². The third-order valence-electron chi connectivity index (χ3n) is 3.69. The van der Waals surface area contributed by atoms with Gasteiger partial charge in [0, 0.05) is 12.2 Å². The SMILES string of the molecule is O=C(Cl)CCCCCCCCCCSC(=S)SCc1ccccc1. The topological polar surface area (TPSA) is 17.1 Å². The van der Waals surface area contributed by atoms with Crippen LogP contribution in [0.3, 0.4) is 0 Å². The van der Waals surface area contributed by atoms with Crippen molar-refractivity contribution in [3.8, 4) is 0 Å². The number of unbranched alkanes of at least 4 members (excludes halogenated alkanes) is 7. The quantitative estimate of drug-likeness (QED) is 0.197. The Morgan fingerprint density at radius 1 is 0.875 bits per heavy atom. The summed E-state index contributed by atoms with van der Waals surface area (Å²) in [5, 5.41) is -0.202. The van der Waals surface area contributed by atoms with Crippen LogP contribution in [0.25, 0.3) is 0 Å². The zero-order chi connectivity index (χ0) is 17.5. The molecule has 0 unspecified atom stereocenters. The molecule has 0 saturated heterocycles. The van der Waals surface area contributed by atoms with Crippen LogP contribution in [0, 0.1) is 0 Å². The van der Waals surface area contributed by atoms with Crippen LogP contribution in [0.15, 0.2) is 30.3 Å². The van der Waals surface area contributed by atoms with Crippen molar-refractivity contribution in [2.75, 3.05) is 5.75 Å². The van der Waals surface area contributed by atoms with E-state index in [4.69, 9.17) is 23.8 Å². The second-order valence-electron chi connectivity index (χ2n) is 5.81. The van der Waals surface area contributed by atoms with Gasteiger partial charge in [-0.05, 0) is 35.8 Å². The number of rotatable bonds is 13. The van der Waals surface area contributed by atoms with Crippen LogP contribution in [-0.4, -0.2) is 14.5 Å². The van der Waals surface area contributed by atoms with Gasteiger partial charge in [-0.2, -0.15) is 0 Å². The molecule has 0 amide bonds. The first-order valence-corrected chi connectivity index (χ1v) is 11.5. The van der Waals surface area contributed by atoms with Crippen molar-refractivity contribution in [3.63, 3.8) is 0 Å². The van der Waals surface area contributed by atoms with E-state index in [0.29, 0.717) is 6.42 Å². The first-order valence-electron chi connectivity index (χ1n) is 8.70. The minimum atomic E-state index is -0.202. The first-order chi connectivity index (χ1) is 11.7. The molecular formula is C19H27ClOS3. The van der Waals surface area contributed by atoms with Gasteiger partial charge in [0.05, 0.1) is 0 Å². The molecule has 0 aliphatic rings. The maximum absolute atomic E-state index is 10.6. The molecule has 0 radical (unpaired) electrons. The molecule has 134 valence electrons. The van der Waals surface area contributed by atoms with Gasteiger partial charge < -0.3 is 0 Å². The summed E-state index contributed by atoms with van der Waals surface area (Å²) in [5.41, 5.74) is 1.33. The Balaban J connectivity index is 1.84. The second-order valence-corrected chi connectivity index (χ2v) is 9.50. The lowest BCUT2D eigenvalue weighted by atomic mass is 10.1. The van der Waals surface area contributed by atoms with Crippen molar-refractivity contribution in [1.29, 1.82) is 0 Å². The van der Waals surface area contributed by atoms with Crippen molar-refractivity contribution in [2.45, 2.75) is 63.5 Å². The number of halogens is 1. The molecule has 0 fully saturated rings. The fraction of sp³-hybridized carbons (Fsp3) is 0.579. The Kier molecular flexibility index (Phi) is 14.0. The van der Waals surface area contributed by atoms with Gasteiger partial charge in [-0.25, -0.2) is 0 Å². The summed E-state index contributed by atoms with van der Waals surface area (Å²) in [7, 11) is 0. The number of benzene rings is 1. The van der Waals surface area contributed by atoms with Gasteiger partial charge in [-0.3, -0.25) is 4.79 Å². The van der Waals surface area contributed by atoms with E-state index in [-0.39, 0.29) is 5.24 Å². The van der Waals surface area contributed by atoms with E-state index < -0.39 is 0 Å². The number of thioether (sulfide) groups is 2. The minimum absolute atomic E-state index is 0.202. The molecule has 0 atom stereocenters. The summed E-state index contributed by atoms with van der Waals surface area (Å²) in [5.74, 6) is 2.11. The average molecular weight is 403 g/mol. The maximum atomic E-state index is 10.6. The largest absolute Gasteiger partial charge is 0.281 e. The van der Waals surface area contributed by atoms with Crippen LogP contribution in [0.4, 0.5) is 0 Å². The second kappa shape index (κ2) is 15.2. The number of hydrogen-bond acceptors (Lipinski definition) is 4. The molecule has 0 heterocycles. The van der Waals surface area contributed by atoms with E-state index in [1.165, 1.54) is 44.1 Å². The molecule has 0 saturated carbocycles. The molecule has 1 aromatic rings. The Bertz CT molecular complexity index is 465. The molecule has 0 aromatic heterocycles. The van der Waals surface area contributed by atoms with Crippen molar-refractivity contribution < 1.29 is 4.79 Å². The third-order valence-corrected chi connectivity index (χ3v) is 6.73. The Morgan fingerprint density at radius 2 is 1.46 bits per heavy atom. The zero-order valence-electron chi connectivity index (χ0n) is 14.2. The van der Waals surface area contributed by atoms with Crippen molar-refractivity contribution in [1.82, 2.24) is 0 Å². The van der Waals surface area contributed by atoms with E-state index in [1.54, 1.807) is 11.8 Å². The van der Waals surface area contributed by atoms with Crippen LogP contribution < -0.4 is 0 Å². The summed E-state index contributed by atoms with van der Waals surface area (Å²) in [4.78, 5) is 10.6. The number of hydrogen-bond donors (Lipinski definition) is 0. The first kappa shape index (κ1) is 22.0. The number of carbonyl (C=O) groups is 1. The van der Waals surface area contributed by atoms with E-state index in [2.05, 4.69) is 24.3 Å². The molecule has 0 aliphatic heterocycles. The van der Waals surface area contributed by atoms with Gasteiger partial charge in [-0.1, -0.05) is 81.1 Å². The van der Waals surface area contributed by atoms with Crippen LogP contribution in [0.5, 0.6) is 0 Å². The average Bonchev–Trinajstić information content (AvgIpc) is 2.58. The van der Waals surface area contributed by atoms with E-state index in [1.807, 2.05) is 17.8 Å². The minimum Gasteiger partial charge on any atom is -0.281 e. The zero-order valence-corrected chi connectivity index (χ0v) is 17.4. The molecule has 1 rings (SSSR count). The molecule has 24 heavy (non-hydrogen) atoms. The lowest BCUT2D eigenvalue weighted by Gasteiger charge is -2.04. The van der Waals surface area contributed by atoms with Crippen molar-refractivity contribution in [3.05, 3.63) is 35.9 Å². The fourth-order valence-electron chi connectivity index (χ4n) is 2.34. The number of carbonyl (C=O) groups excluding carboxylic acids is 1. The highest BCUT2D eigenvalue weighted by Gasteiger charge is 2.01. The predicted octanol–water partition coefficient (Wildman–Crippen LogP) is 7.21. The lowest BCUT2D eigenvalue weighted by molar-refractivity contribution is -0.111. The van der Waals surface area contributed by atoms with Gasteiger partial charge in [0.15, 0.2) is 0 Å². The Labute approximate surface area is 165 Å². The van der Waals surface area contributed by atoms with Crippen LogP contribution in [0.1, 0.15) is 63.4 Å². The highest BCUT2D eigenvalue weighted by atomic mass is 35.5. The summed E-state index contributed by atoms with van der Waals surface area (Å²) in [6.45, 7) is 0. The van der Waals surface area contributed by atoms with Crippen molar-refractivity contribution in [2.24, 2.45) is 0 Å². The maximum Gasteiger partial charge on any atom is 0.221 e.